The Bertz CT molecular complexity index is 408. The molecule has 7 nitrogen and oxygen atoms in total. The third kappa shape index (κ3) is 1.84. The predicted molar refractivity (Wildman–Crippen MR) is 59.5 cm³/mol. The van der Waals surface area contributed by atoms with Gasteiger partial charge in [-0.25, -0.2) is 4.79 Å². The van der Waals surface area contributed by atoms with E-state index >= 15 is 0 Å². The molecule has 2 saturated heterocycles. The van der Waals surface area contributed by atoms with Crippen LogP contribution in [0.5, 0.6) is 0 Å². The SMILES string of the molecule is CC(O)C(C(=O)O)N1CC2(CCNC(=O)C2)C1=O. The molecule has 0 aliphatic carbocycles. The molecule has 2 amide bonds. The number of piperidine rings is 1. The lowest BCUT2D eigenvalue weighted by Gasteiger charge is -2.52. The Morgan fingerprint density at radius 3 is 2.61 bits per heavy atom. The van der Waals surface area contributed by atoms with Crippen molar-refractivity contribution in [2.45, 2.75) is 31.9 Å². The summed E-state index contributed by atoms with van der Waals surface area (Å²) in [6, 6.07) is -1.23. The van der Waals surface area contributed by atoms with Crippen LogP contribution in [0.4, 0.5) is 0 Å². The van der Waals surface area contributed by atoms with Crippen LogP contribution in [-0.4, -0.2) is 58.1 Å². The molecule has 2 aliphatic heterocycles. The van der Waals surface area contributed by atoms with Gasteiger partial charge in [-0.05, 0) is 13.3 Å². The number of carbonyl (C=O) groups is 3. The predicted octanol–water partition coefficient (Wildman–Crippen LogP) is -1.44. The fourth-order valence-corrected chi connectivity index (χ4v) is 2.72. The lowest BCUT2D eigenvalue weighted by molar-refractivity contribution is -0.180. The molecule has 0 aromatic rings. The average molecular weight is 256 g/mol. The number of nitrogens with zero attached hydrogens (tertiary/aromatic N) is 1. The van der Waals surface area contributed by atoms with E-state index in [0.717, 1.165) is 4.90 Å². The number of amides is 2. The second kappa shape index (κ2) is 4.24. The summed E-state index contributed by atoms with van der Waals surface area (Å²) in [6.45, 7) is 2.00. The van der Waals surface area contributed by atoms with Crippen LogP contribution < -0.4 is 5.32 Å². The molecule has 7 heteroatoms. The number of aliphatic carboxylic acids is 1. The van der Waals surface area contributed by atoms with E-state index < -0.39 is 23.5 Å². The number of β-lactam (4-membered cyclic amide) rings is 1. The lowest BCUT2D eigenvalue weighted by Crippen LogP contribution is -2.70. The number of hydrogen-bond acceptors (Lipinski definition) is 4. The zero-order valence-electron chi connectivity index (χ0n) is 10.0. The van der Waals surface area contributed by atoms with Crippen LogP contribution in [0, 0.1) is 5.41 Å². The lowest BCUT2D eigenvalue weighted by atomic mass is 9.70. The fourth-order valence-electron chi connectivity index (χ4n) is 2.72. The number of likely N-dealkylation sites (tertiary alicyclic amines) is 1. The van der Waals surface area contributed by atoms with Crippen molar-refractivity contribution in [3.8, 4) is 0 Å². The average Bonchev–Trinajstić information content (AvgIpc) is 2.27. The molecule has 0 aromatic heterocycles. The van der Waals surface area contributed by atoms with Gasteiger partial charge in [-0.2, -0.15) is 0 Å². The van der Waals surface area contributed by atoms with Gasteiger partial charge in [0.25, 0.3) is 0 Å². The molecule has 100 valence electrons. The third-order valence-corrected chi connectivity index (χ3v) is 3.66. The van der Waals surface area contributed by atoms with Gasteiger partial charge in [0, 0.05) is 19.5 Å². The van der Waals surface area contributed by atoms with E-state index in [2.05, 4.69) is 5.32 Å². The maximum absolute atomic E-state index is 12.1. The summed E-state index contributed by atoms with van der Waals surface area (Å²) in [5, 5.41) is 21.1. The zero-order chi connectivity index (χ0) is 13.5. The van der Waals surface area contributed by atoms with Gasteiger partial charge in [0.15, 0.2) is 6.04 Å². The van der Waals surface area contributed by atoms with E-state index in [1.54, 1.807) is 0 Å². The van der Waals surface area contributed by atoms with Crippen LogP contribution in [0.3, 0.4) is 0 Å². The summed E-state index contributed by atoms with van der Waals surface area (Å²) >= 11 is 0. The van der Waals surface area contributed by atoms with Crippen molar-refractivity contribution in [3.05, 3.63) is 0 Å². The first kappa shape index (κ1) is 12.8. The molecule has 2 fully saturated rings. The quantitative estimate of drug-likeness (QED) is 0.536. The first-order valence-corrected chi connectivity index (χ1v) is 5.86. The molecule has 3 unspecified atom stereocenters. The van der Waals surface area contributed by atoms with Gasteiger partial charge in [0.05, 0.1) is 11.5 Å². The van der Waals surface area contributed by atoms with Crippen molar-refractivity contribution < 1.29 is 24.6 Å². The summed E-state index contributed by atoms with van der Waals surface area (Å²) in [5.41, 5.74) is -0.745. The summed E-state index contributed by atoms with van der Waals surface area (Å²) in [4.78, 5) is 35.6. The van der Waals surface area contributed by atoms with Crippen molar-refractivity contribution in [2.24, 2.45) is 5.41 Å². The minimum absolute atomic E-state index is 0.106. The maximum Gasteiger partial charge on any atom is 0.329 e. The number of aliphatic hydroxyl groups excluding tert-OH is 1. The largest absolute Gasteiger partial charge is 0.480 e. The Morgan fingerprint density at radius 2 is 2.17 bits per heavy atom. The number of aliphatic hydroxyl groups is 1. The standard InChI is InChI=1S/C11H16N2O5/c1-6(14)8(9(16)17)13-5-11(10(13)18)2-3-12-7(15)4-11/h6,8,14H,2-5H2,1H3,(H,12,15)(H,16,17). The van der Waals surface area contributed by atoms with E-state index in [0.29, 0.717) is 13.0 Å². The maximum atomic E-state index is 12.1. The highest BCUT2D eigenvalue weighted by Crippen LogP contribution is 2.41. The van der Waals surface area contributed by atoms with Crippen molar-refractivity contribution in [3.63, 3.8) is 0 Å². The summed E-state index contributed by atoms with van der Waals surface area (Å²) in [5.74, 6) is -1.75. The molecule has 3 N–H and O–H groups in total. The fraction of sp³-hybridized carbons (Fsp3) is 0.727. The van der Waals surface area contributed by atoms with Gasteiger partial charge < -0.3 is 20.4 Å². The third-order valence-electron chi connectivity index (χ3n) is 3.66. The highest BCUT2D eigenvalue weighted by molar-refractivity contribution is 5.97. The Hall–Kier alpha value is -1.63. The summed E-state index contributed by atoms with van der Waals surface area (Å²) in [7, 11) is 0. The van der Waals surface area contributed by atoms with Gasteiger partial charge in [-0.1, -0.05) is 0 Å². The molecule has 3 atom stereocenters. The minimum atomic E-state index is -1.23. The first-order valence-electron chi connectivity index (χ1n) is 5.86. The van der Waals surface area contributed by atoms with Crippen LogP contribution in [0.1, 0.15) is 19.8 Å². The molecule has 0 radical (unpaired) electrons. The second-order valence-corrected chi connectivity index (χ2v) is 5.01. The number of rotatable bonds is 3. The van der Waals surface area contributed by atoms with E-state index in [1.807, 2.05) is 0 Å². The Kier molecular flexibility index (Phi) is 3.02. The number of carbonyl (C=O) groups excluding carboxylic acids is 2. The Labute approximate surface area is 104 Å². The highest BCUT2D eigenvalue weighted by Gasteiger charge is 2.57. The van der Waals surface area contributed by atoms with Crippen LogP contribution in [0.2, 0.25) is 0 Å². The van der Waals surface area contributed by atoms with Crippen LogP contribution in [0.25, 0.3) is 0 Å². The smallest absolute Gasteiger partial charge is 0.329 e. The summed E-state index contributed by atoms with van der Waals surface area (Å²) < 4.78 is 0. The van der Waals surface area contributed by atoms with Crippen LogP contribution >= 0.6 is 0 Å². The molecule has 2 aliphatic rings. The van der Waals surface area contributed by atoms with E-state index in [4.69, 9.17) is 5.11 Å². The normalized spacial score (nSPS) is 30.7. The monoisotopic (exact) mass is 256 g/mol. The molecule has 1 spiro atoms. The minimum Gasteiger partial charge on any atom is -0.480 e. The van der Waals surface area contributed by atoms with E-state index in [1.165, 1.54) is 6.92 Å². The molecule has 0 bridgehead atoms. The molecule has 0 aromatic carbocycles. The second-order valence-electron chi connectivity index (χ2n) is 5.01. The Morgan fingerprint density at radius 1 is 1.50 bits per heavy atom. The number of nitrogens with one attached hydrogen (secondary N) is 1. The molecular weight excluding hydrogens is 240 g/mol. The van der Waals surface area contributed by atoms with Crippen molar-refractivity contribution in [2.75, 3.05) is 13.1 Å². The van der Waals surface area contributed by atoms with Gasteiger partial charge >= 0.3 is 5.97 Å². The zero-order valence-corrected chi connectivity index (χ0v) is 10.0. The highest BCUT2D eigenvalue weighted by atomic mass is 16.4. The first-order chi connectivity index (χ1) is 8.37. The van der Waals surface area contributed by atoms with Crippen LogP contribution in [0.15, 0.2) is 0 Å². The molecule has 2 heterocycles. The van der Waals surface area contributed by atoms with Crippen molar-refractivity contribution in [1.82, 2.24) is 10.2 Å². The van der Waals surface area contributed by atoms with Crippen LogP contribution in [-0.2, 0) is 14.4 Å². The molecule has 18 heavy (non-hydrogen) atoms. The molecule has 0 saturated carbocycles. The topological polar surface area (TPSA) is 107 Å². The van der Waals surface area contributed by atoms with Gasteiger partial charge in [0.2, 0.25) is 11.8 Å². The van der Waals surface area contributed by atoms with Crippen molar-refractivity contribution in [1.29, 1.82) is 0 Å². The number of hydrogen-bond donors (Lipinski definition) is 3. The Balaban J connectivity index is 2.11. The van der Waals surface area contributed by atoms with E-state index in [9.17, 15) is 19.5 Å². The van der Waals surface area contributed by atoms with Crippen molar-refractivity contribution >= 4 is 17.8 Å². The van der Waals surface area contributed by atoms with Gasteiger partial charge in [-0.3, -0.25) is 9.59 Å². The van der Waals surface area contributed by atoms with Gasteiger partial charge in [-0.15, -0.1) is 0 Å². The number of carboxylic acids is 1. The summed E-state index contributed by atoms with van der Waals surface area (Å²) in [6.07, 6.45) is -0.504. The van der Waals surface area contributed by atoms with E-state index in [-0.39, 0.29) is 24.8 Å². The number of carboxylic acid groups (broad SMARTS) is 1. The molecular formula is C11H16N2O5. The molecule has 2 rings (SSSR count). The van der Waals surface area contributed by atoms with Gasteiger partial charge in [0.1, 0.15) is 0 Å².